The van der Waals surface area contributed by atoms with E-state index in [9.17, 15) is 9.59 Å². The highest BCUT2D eigenvalue weighted by atomic mass is 32.1. The molecule has 2 amide bonds. The van der Waals surface area contributed by atoms with Crippen molar-refractivity contribution in [1.29, 1.82) is 0 Å². The van der Waals surface area contributed by atoms with E-state index in [0.717, 1.165) is 0 Å². The molecule has 1 atom stereocenters. The fourth-order valence-corrected chi connectivity index (χ4v) is 2.81. The van der Waals surface area contributed by atoms with Crippen LogP contribution < -0.4 is 5.32 Å². The van der Waals surface area contributed by atoms with E-state index in [4.69, 9.17) is 4.74 Å². The molecule has 1 aliphatic heterocycles. The van der Waals surface area contributed by atoms with Crippen LogP contribution in [-0.2, 0) is 20.9 Å². The molecule has 110 valence electrons. The summed E-state index contributed by atoms with van der Waals surface area (Å²) in [5, 5.41) is 11.6. The molecule has 8 heteroatoms. The topological polar surface area (TPSA) is 84.4 Å². The number of ether oxygens (including phenoxy) is 1. The lowest BCUT2D eigenvalue weighted by Crippen LogP contribution is -2.33. The van der Waals surface area contributed by atoms with E-state index in [0.29, 0.717) is 23.3 Å². The van der Waals surface area contributed by atoms with Crippen molar-refractivity contribution >= 4 is 28.3 Å². The van der Waals surface area contributed by atoms with Gasteiger partial charge in [0.05, 0.1) is 5.92 Å². The maximum absolute atomic E-state index is 12.1. The molecule has 0 aliphatic carbocycles. The van der Waals surface area contributed by atoms with Gasteiger partial charge in [-0.25, -0.2) is 0 Å². The van der Waals surface area contributed by atoms with Gasteiger partial charge in [0.2, 0.25) is 16.9 Å². The van der Waals surface area contributed by atoms with Gasteiger partial charge in [0.25, 0.3) is 0 Å². The maximum Gasteiger partial charge on any atom is 0.231 e. The minimum Gasteiger partial charge on any atom is -0.377 e. The molecule has 0 aromatic carbocycles. The minimum atomic E-state index is -0.320. The van der Waals surface area contributed by atoms with Crippen LogP contribution in [0, 0.1) is 5.92 Å². The van der Waals surface area contributed by atoms with Gasteiger partial charge < -0.3 is 15.0 Å². The second-order valence-electron chi connectivity index (χ2n) is 4.96. The molecule has 1 aromatic rings. The number of carbonyl (C=O) groups excluding carboxylic acids is 2. The van der Waals surface area contributed by atoms with Gasteiger partial charge in [0, 0.05) is 26.1 Å². The first kappa shape index (κ1) is 14.9. The molecule has 0 bridgehead atoms. The number of hydrogen-bond acceptors (Lipinski definition) is 6. The zero-order valence-electron chi connectivity index (χ0n) is 11.8. The summed E-state index contributed by atoms with van der Waals surface area (Å²) in [7, 11) is 1.57. The Morgan fingerprint density at radius 3 is 2.90 bits per heavy atom. The van der Waals surface area contributed by atoms with Crippen molar-refractivity contribution in [3.8, 4) is 0 Å². The largest absolute Gasteiger partial charge is 0.377 e. The number of amides is 2. The minimum absolute atomic E-state index is 0.0254. The van der Waals surface area contributed by atoms with Crippen molar-refractivity contribution in [1.82, 2.24) is 15.1 Å². The summed E-state index contributed by atoms with van der Waals surface area (Å²) < 4.78 is 4.94. The third kappa shape index (κ3) is 3.31. The third-order valence-corrected chi connectivity index (χ3v) is 3.93. The Morgan fingerprint density at radius 2 is 2.30 bits per heavy atom. The molecule has 1 saturated heterocycles. The predicted molar refractivity (Wildman–Crippen MR) is 74.2 cm³/mol. The number of hydrogen-bond donors (Lipinski definition) is 1. The first-order valence-electron chi connectivity index (χ1n) is 6.43. The Morgan fingerprint density at radius 1 is 1.55 bits per heavy atom. The molecular formula is C12H18N4O3S. The SMILES string of the molecule is COCc1nnc(NC(=O)[C@@H]2CC(=O)N(C(C)C)C2)s1. The van der Waals surface area contributed by atoms with Crippen molar-refractivity contribution in [3.05, 3.63) is 5.01 Å². The number of likely N-dealkylation sites (tertiary alicyclic amines) is 1. The first-order chi connectivity index (χ1) is 9.51. The van der Waals surface area contributed by atoms with E-state index in [1.54, 1.807) is 12.0 Å². The van der Waals surface area contributed by atoms with Crippen LogP contribution in [0.15, 0.2) is 0 Å². The van der Waals surface area contributed by atoms with Crippen LogP contribution in [0.2, 0.25) is 0 Å². The summed E-state index contributed by atoms with van der Waals surface area (Å²) in [4.78, 5) is 25.6. The van der Waals surface area contributed by atoms with Crippen molar-refractivity contribution in [2.24, 2.45) is 5.92 Å². The van der Waals surface area contributed by atoms with Crippen LogP contribution in [0.3, 0.4) is 0 Å². The second kappa shape index (κ2) is 6.27. The highest BCUT2D eigenvalue weighted by molar-refractivity contribution is 7.15. The molecular weight excluding hydrogens is 280 g/mol. The Balaban J connectivity index is 1.93. The van der Waals surface area contributed by atoms with E-state index in [2.05, 4.69) is 15.5 Å². The smallest absolute Gasteiger partial charge is 0.231 e. The molecule has 2 heterocycles. The lowest BCUT2D eigenvalue weighted by molar-refractivity contribution is -0.129. The van der Waals surface area contributed by atoms with E-state index in [1.165, 1.54) is 11.3 Å². The quantitative estimate of drug-likeness (QED) is 0.872. The van der Waals surface area contributed by atoms with Crippen LogP contribution >= 0.6 is 11.3 Å². The monoisotopic (exact) mass is 298 g/mol. The van der Waals surface area contributed by atoms with Crippen molar-refractivity contribution < 1.29 is 14.3 Å². The molecule has 1 N–H and O–H groups in total. The molecule has 0 spiro atoms. The molecule has 1 aromatic heterocycles. The van der Waals surface area contributed by atoms with Crippen LogP contribution in [0.4, 0.5) is 5.13 Å². The van der Waals surface area contributed by atoms with E-state index < -0.39 is 0 Å². The fraction of sp³-hybridized carbons (Fsp3) is 0.667. The van der Waals surface area contributed by atoms with Gasteiger partial charge in [-0.2, -0.15) is 0 Å². The summed E-state index contributed by atoms with van der Waals surface area (Å²) in [6, 6.07) is 0.120. The number of methoxy groups -OCH3 is 1. The average molecular weight is 298 g/mol. The molecule has 0 unspecified atom stereocenters. The number of aromatic nitrogens is 2. The van der Waals surface area contributed by atoms with Crippen LogP contribution in [0.25, 0.3) is 0 Å². The van der Waals surface area contributed by atoms with Crippen molar-refractivity contribution in [2.45, 2.75) is 32.9 Å². The molecule has 1 aliphatic rings. The molecule has 0 saturated carbocycles. The number of rotatable bonds is 5. The standard InChI is InChI=1S/C12H18N4O3S/c1-7(2)16-5-8(4-10(16)17)11(18)13-12-15-14-9(20-12)6-19-3/h7-8H,4-6H2,1-3H3,(H,13,15,18)/t8-/m1/s1. The summed E-state index contributed by atoms with van der Waals surface area (Å²) in [6.45, 7) is 4.72. The molecule has 20 heavy (non-hydrogen) atoms. The van der Waals surface area contributed by atoms with Gasteiger partial charge >= 0.3 is 0 Å². The maximum atomic E-state index is 12.1. The Kier molecular flexibility index (Phi) is 4.66. The zero-order valence-corrected chi connectivity index (χ0v) is 12.6. The predicted octanol–water partition coefficient (Wildman–Crippen LogP) is 0.880. The summed E-state index contributed by atoms with van der Waals surface area (Å²) in [5.74, 6) is -0.473. The lowest BCUT2D eigenvalue weighted by Gasteiger charge is -2.20. The van der Waals surface area contributed by atoms with E-state index in [-0.39, 0.29) is 30.2 Å². The Hall–Kier alpha value is -1.54. The van der Waals surface area contributed by atoms with Gasteiger partial charge in [-0.1, -0.05) is 11.3 Å². The highest BCUT2D eigenvalue weighted by Crippen LogP contribution is 2.23. The van der Waals surface area contributed by atoms with Gasteiger partial charge in [0.15, 0.2) is 0 Å². The van der Waals surface area contributed by atoms with Gasteiger partial charge in [-0.05, 0) is 13.8 Å². The van der Waals surface area contributed by atoms with E-state index >= 15 is 0 Å². The van der Waals surface area contributed by atoms with Gasteiger partial charge in [-0.3, -0.25) is 9.59 Å². The van der Waals surface area contributed by atoms with Crippen LogP contribution in [0.5, 0.6) is 0 Å². The lowest BCUT2D eigenvalue weighted by atomic mass is 10.1. The number of carbonyl (C=O) groups is 2. The number of anilines is 1. The number of nitrogens with one attached hydrogen (secondary N) is 1. The molecule has 2 rings (SSSR count). The first-order valence-corrected chi connectivity index (χ1v) is 7.24. The van der Waals surface area contributed by atoms with Crippen LogP contribution in [-0.4, -0.2) is 46.6 Å². The van der Waals surface area contributed by atoms with E-state index in [1.807, 2.05) is 13.8 Å². The van der Waals surface area contributed by atoms with Gasteiger partial charge in [0.1, 0.15) is 11.6 Å². The highest BCUT2D eigenvalue weighted by Gasteiger charge is 2.35. The van der Waals surface area contributed by atoms with Crippen LogP contribution in [0.1, 0.15) is 25.3 Å². The molecule has 1 fully saturated rings. The molecule has 7 nitrogen and oxygen atoms in total. The number of nitrogens with zero attached hydrogens (tertiary/aromatic N) is 3. The summed E-state index contributed by atoms with van der Waals surface area (Å²) in [5.41, 5.74) is 0. The summed E-state index contributed by atoms with van der Waals surface area (Å²) >= 11 is 1.27. The third-order valence-electron chi connectivity index (χ3n) is 3.12. The Labute approximate surface area is 121 Å². The fourth-order valence-electron chi connectivity index (χ4n) is 2.10. The zero-order chi connectivity index (χ0) is 14.7. The Bertz CT molecular complexity index is 503. The molecule has 0 radical (unpaired) electrons. The summed E-state index contributed by atoms with van der Waals surface area (Å²) in [6.07, 6.45) is 0.258. The second-order valence-corrected chi connectivity index (χ2v) is 6.03. The average Bonchev–Trinajstić information content (AvgIpc) is 2.96. The van der Waals surface area contributed by atoms with Crippen molar-refractivity contribution in [3.63, 3.8) is 0 Å². The van der Waals surface area contributed by atoms with Gasteiger partial charge in [-0.15, -0.1) is 10.2 Å². The van der Waals surface area contributed by atoms with Crippen molar-refractivity contribution in [2.75, 3.05) is 19.0 Å². The normalized spacial score (nSPS) is 18.9.